The van der Waals surface area contributed by atoms with Crippen molar-refractivity contribution in [2.45, 2.75) is 19.4 Å². The van der Waals surface area contributed by atoms with E-state index < -0.39 is 0 Å². The third kappa shape index (κ3) is 2.56. The Morgan fingerprint density at radius 2 is 1.90 bits per heavy atom. The number of fused-ring (bicyclic) bond motifs is 1. The average molecular weight is 266 g/mol. The fourth-order valence-electron chi connectivity index (χ4n) is 2.50. The van der Waals surface area contributed by atoms with Gasteiger partial charge in [-0.25, -0.2) is 4.98 Å². The highest BCUT2D eigenvalue weighted by atomic mass is 15.0. The van der Waals surface area contributed by atoms with Gasteiger partial charge in [0.05, 0.1) is 0 Å². The molecule has 0 fully saturated rings. The Hall–Kier alpha value is -2.20. The second-order valence-corrected chi connectivity index (χ2v) is 4.83. The highest BCUT2D eigenvalue weighted by Gasteiger charge is 2.08. The van der Waals surface area contributed by atoms with Crippen LogP contribution in [-0.2, 0) is 19.4 Å². The maximum absolute atomic E-state index is 5.69. The lowest BCUT2D eigenvalue weighted by atomic mass is 10.2. The molecule has 0 aliphatic carbocycles. The normalized spacial score (nSPS) is 11.1. The van der Waals surface area contributed by atoms with E-state index in [1.807, 2.05) is 30.6 Å². The van der Waals surface area contributed by atoms with Crippen molar-refractivity contribution in [1.29, 1.82) is 0 Å². The van der Waals surface area contributed by atoms with Crippen LogP contribution in [0.25, 0.3) is 11.0 Å². The number of pyridine rings is 2. The van der Waals surface area contributed by atoms with E-state index in [1.165, 1.54) is 10.9 Å². The molecular weight excluding hydrogens is 248 g/mol. The molecule has 4 heteroatoms. The predicted molar refractivity (Wildman–Crippen MR) is 80.4 cm³/mol. The monoisotopic (exact) mass is 266 g/mol. The molecule has 3 aromatic rings. The Kier molecular flexibility index (Phi) is 3.74. The van der Waals surface area contributed by atoms with E-state index in [0.29, 0.717) is 6.54 Å². The van der Waals surface area contributed by atoms with E-state index in [0.717, 1.165) is 30.7 Å². The molecule has 0 aromatic carbocycles. The van der Waals surface area contributed by atoms with Gasteiger partial charge in [0, 0.05) is 42.6 Å². The van der Waals surface area contributed by atoms with Crippen LogP contribution in [0.3, 0.4) is 0 Å². The van der Waals surface area contributed by atoms with Gasteiger partial charge in [0.25, 0.3) is 0 Å². The van der Waals surface area contributed by atoms with Crippen molar-refractivity contribution in [3.05, 3.63) is 60.2 Å². The third-order valence-corrected chi connectivity index (χ3v) is 3.47. The van der Waals surface area contributed by atoms with Crippen LogP contribution in [0, 0.1) is 0 Å². The highest BCUT2D eigenvalue weighted by molar-refractivity contribution is 5.80. The first kappa shape index (κ1) is 12.8. The first-order chi connectivity index (χ1) is 9.88. The molecule has 0 atom stereocenters. The summed E-state index contributed by atoms with van der Waals surface area (Å²) in [4.78, 5) is 8.86. The van der Waals surface area contributed by atoms with E-state index in [4.69, 9.17) is 5.73 Å². The number of aromatic nitrogens is 3. The van der Waals surface area contributed by atoms with Gasteiger partial charge in [-0.3, -0.25) is 4.98 Å². The number of rotatable bonds is 5. The van der Waals surface area contributed by atoms with Crippen LogP contribution in [0.15, 0.2) is 48.9 Å². The lowest BCUT2D eigenvalue weighted by Crippen LogP contribution is -2.03. The molecule has 0 amide bonds. The Balaban J connectivity index is 1.87. The zero-order valence-corrected chi connectivity index (χ0v) is 11.4. The molecular formula is C16H18N4. The second kappa shape index (κ2) is 5.84. The van der Waals surface area contributed by atoms with Crippen molar-refractivity contribution in [2.24, 2.45) is 5.73 Å². The smallest absolute Gasteiger partial charge is 0.140 e. The Labute approximate surface area is 118 Å². The highest BCUT2D eigenvalue weighted by Crippen LogP contribution is 2.20. The molecule has 0 radical (unpaired) electrons. The molecule has 0 aliphatic heterocycles. The molecule has 2 N–H and O–H groups in total. The van der Waals surface area contributed by atoms with E-state index in [9.17, 15) is 0 Å². The Bertz CT molecular complexity index is 688. The number of hydrogen-bond acceptors (Lipinski definition) is 3. The van der Waals surface area contributed by atoms with Crippen LogP contribution in [0.1, 0.15) is 11.3 Å². The zero-order chi connectivity index (χ0) is 13.8. The number of hydrogen-bond donors (Lipinski definition) is 1. The third-order valence-electron chi connectivity index (χ3n) is 3.47. The molecule has 3 heterocycles. The minimum Gasteiger partial charge on any atom is -0.332 e. The standard InChI is InChI=1S/C16H18N4/c17-8-6-13-12-20(16-15(13)5-3-10-19-16)11-7-14-4-1-2-9-18-14/h1-5,9-10,12H,6-8,11,17H2. The van der Waals surface area contributed by atoms with Crippen LogP contribution in [0.2, 0.25) is 0 Å². The fourth-order valence-corrected chi connectivity index (χ4v) is 2.50. The van der Waals surface area contributed by atoms with Crippen molar-refractivity contribution in [3.63, 3.8) is 0 Å². The molecule has 0 saturated carbocycles. The SMILES string of the molecule is NCCc1cn(CCc2ccccn2)c2ncccc12. The fraction of sp³-hybridized carbons (Fsp3) is 0.250. The molecule has 102 valence electrons. The lowest BCUT2D eigenvalue weighted by Gasteiger charge is -2.04. The Morgan fingerprint density at radius 1 is 1.00 bits per heavy atom. The maximum atomic E-state index is 5.69. The molecule has 20 heavy (non-hydrogen) atoms. The molecule has 0 saturated heterocycles. The first-order valence-electron chi connectivity index (χ1n) is 6.91. The molecule has 0 unspecified atom stereocenters. The summed E-state index contributed by atoms with van der Waals surface area (Å²) in [6, 6.07) is 10.1. The van der Waals surface area contributed by atoms with Gasteiger partial charge in [-0.05, 0) is 42.8 Å². The van der Waals surface area contributed by atoms with E-state index in [1.54, 1.807) is 0 Å². The van der Waals surface area contributed by atoms with Crippen LogP contribution < -0.4 is 5.73 Å². The van der Waals surface area contributed by atoms with Crippen LogP contribution in [0.4, 0.5) is 0 Å². The summed E-state index contributed by atoms with van der Waals surface area (Å²) in [5, 5.41) is 1.21. The van der Waals surface area contributed by atoms with Crippen molar-refractivity contribution in [1.82, 2.24) is 14.5 Å². The summed E-state index contributed by atoms with van der Waals surface area (Å²) >= 11 is 0. The van der Waals surface area contributed by atoms with Crippen molar-refractivity contribution in [3.8, 4) is 0 Å². The maximum Gasteiger partial charge on any atom is 0.140 e. The van der Waals surface area contributed by atoms with Crippen molar-refractivity contribution in [2.75, 3.05) is 6.54 Å². The zero-order valence-electron chi connectivity index (χ0n) is 11.4. The molecule has 0 aliphatic rings. The van der Waals surface area contributed by atoms with Crippen molar-refractivity contribution < 1.29 is 0 Å². The van der Waals surface area contributed by atoms with Gasteiger partial charge in [-0.1, -0.05) is 6.07 Å². The van der Waals surface area contributed by atoms with Crippen LogP contribution in [0.5, 0.6) is 0 Å². The van der Waals surface area contributed by atoms with Gasteiger partial charge in [-0.2, -0.15) is 0 Å². The Morgan fingerprint density at radius 3 is 2.70 bits per heavy atom. The molecule has 0 spiro atoms. The molecule has 3 aromatic heterocycles. The van der Waals surface area contributed by atoms with E-state index in [2.05, 4.69) is 32.9 Å². The average Bonchev–Trinajstić information content (AvgIpc) is 2.85. The van der Waals surface area contributed by atoms with Gasteiger partial charge in [-0.15, -0.1) is 0 Å². The quantitative estimate of drug-likeness (QED) is 0.770. The minimum absolute atomic E-state index is 0.661. The summed E-state index contributed by atoms with van der Waals surface area (Å²) in [7, 11) is 0. The van der Waals surface area contributed by atoms with Gasteiger partial charge in [0.15, 0.2) is 0 Å². The largest absolute Gasteiger partial charge is 0.332 e. The van der Waals surface area contributed by atoms with Gasteiger partial charge < -0.3 is 10.3 Å². The molecule has 4 nitrogen and oxygen atoms in total. The second-order valence-electron chi connectivity index (χ2n) is 4.83. The molecule has 3 rings (SSSR count). The summed E-state index contributed by atoms with van der Waals surface area (Å²) in [5.41, 5.74) is 9.10. The summed E-state index contributed by atoms with van der Waals surface area (Å²) in [6.45, 7) is 1.54. The van der Waals surface area contributed by atoms with Gasteiger partial charge in [0.2, 0.25) is 0 Å². The first-order valence-corrected chi connectivity index (χ1v) is 6.91. The predicted octanol–water partition coefficient (Wildman–Crippen LogP) is 2.18. The topological polar surface area (TPSA) is 56.7 Å². The number of nitrogens with two attached hydrogens (primary N) is 1. The number of nitrogens with zero attached hydrogens (tertiary/aromatic N) is 3. The summed E-state index contributed by atoms with van der Waals surface area (Å²) in [5.74, 6) is 0. The van der Waals surface area contributed by atoms with E-state index >= 15 is 0 Å². The summed E-state index contributed by atoms with van der Waals surface area (Å²) in [6.07, 6.45) is 7.64. The minimum atomic E-state index is 0.661. The van der Waals surface area contributed by atoms with E-state index in [-0.39, 0.29) is 0 Å². The lowest BCUT2D eigenvalue weighted by molar-refractivity contribution is 0.701. The van der Waals surface area contributed by atoms with Crippen LogP contribution >= 0.6 is 0 Å². The van der Waals surface area contributed by atoms with Gasteiger partial charge in [0.1, 0.15) is 5.65 Å². The number of aryl methyl sites for hydroxylation is 2. The van der Waals surface area contributed by atoms with Crippen molar-refractivity contribution >= 4 is 11.0 Å². The van der Waals surface area contributed by atoms with Crippen LogP contribution in [-0.4, -0.2) is 21.1 Å². The summed E-state index contributed by atoms with van der Waals surface area (Å²) < 4.78 is 2.20. The van der Waals surface area contributed by atoms with Gasteiger partial charge >= 0.3 is 0 Å². The molecule has 0 bridgehead atoms.